The zero-order valence-corrected chi connectivity index (χ0v) is 16.5. The molecule has 164 valence electrons. The summed E-state index contributed by atoms with van der Waals surface area (Å²) in [5.74, 6) is 1.38. The number of primary amides is 1. The van der Waals surface area contributed by atoms with Gasteiger partial charge in [0.25, 0.3) is 0 Å². The Morgan fingerprint density at radius 1 is 1.16 bits per heavy atom. The number of ether oxygens (including phenoxy) is 1. The Morgan fingerprint density at radius 3 is 2.39 bits per heavy atom. The Balaban J connectivity index is 1.57. The molecule has 0 aliphatic rings. The first-order valence-electron chi connectivity index (χ1n) is 9.25. The van der Waals surface area contributed by atoms with Gasteiger partial charge < -0.3 is 14.9 Å². The van der Waals surface area contributed by atoms with Crippen molar-refractivity contribution in [3.8, 4) is 17.2 Å². The minimum absolute atomic E-state index is 0.0412. The van der Waals surface area contributed by atoms with Gasteiger partial charge in [0.05, 0.1) is 24.4 Å². The van der Waals surface area contributed by atoms with Crippen LogP contribution >= 0.6 is 0 Å². The van der Waals surface area contributed by atoms with E-state index in [2.05, 4.69) is 4.98 Å². The van der Waals surface area contributed by atoms with E-state index in [4.69, 9.17) is 14.9 Å². The molecule has 0 atom stereocenters. The maximum atomic E-state index is 12.7. The SMILES string of the molecule is Cc1oc(-c2ccc(C(F)(F)F)cc2)nc1CCOc1ccc(CN(O)C(N)=O)cc1. The molecule has 0 spiro atoms. The summed E-state index contributed by atoms with van der Waals surface area (Å²) in [6.45, 7) is 1.98. The van der Waals surface area contributed by atoms with Crippen molar-refractivity contribution >= 4 is 6.03 Å². The third-order valence-corrected chi connectivity index (χ3v) is 4.47. The average molecular weight is 435 g/mol. The molecular weight excluding hydrogens is 415 g/mol. The number of urea groups is 1. The van der Waals surface area contributed by atoms with Crippen LogP contribution in [0.4, 0.5) is 18.0 Å². The lowest BCUT2D eigenvalue weighted by Crippen LogP contribution is -2.31. The van der Waals surface area contributed by atoms with Crippen LogP contribution < -0.4 is 10.5 Å². The van der Waals surface area contributed by atoms with E-state index in [-0.39, 0.29) is 12.4 Å². The van der Waals surface area contributed by atoms with E-state index in [0.29, 0.717) is 46.4 Å². The lowest BCUT2D eigenvalue weighted by Gasteiger charge is -2.12. The van der Waals surface area contributed by atoms with Crippen LogP contribution in [0.3, 0.4) is 0 Å². The minimum atomic E-state index is -4.40. The first-order valence-corrected chi connectivity index (χ1v) is 9.25. The zero-order valence-electron chi connectivity index (χ0n) is 16.5. The maximum absolute atomic E-state index is 12.7. The molecule has 0 bridgehead atoms. The summed E-state index contributed by atoms with van der Waals surface area (Å²) >= 11 is 0. The number of carbonyl (C=O) groups excluding carboxylic acids is 1. The fourth-order valence-electron chi connectivity index (χ4n) is 2.79. The van der Waals surface area contributed by atoms with Gasteiger partial charge >= 0.3 is 12.2 Å². The van der Waals surface area contributed by atoms with Gasteiger partial charge in [0, 0.05) is 12.0 Å². The second kappa shape index (κ2) is 9.09. The lowest BCUT2D eigenvalue weighted by atomic mass is 10.1. The van der Waals surface area contributed by atoms with Gasteiger partial charge in [-0.05, 0) is 48.9 Å². The molecule has 31 heavy (non-hydrogen) atoms. The first kappa shape index (κ1) is 22.2. The van der Waals surface area contributed by atoms with Crippen molar-refractivity contribution in [1.29, 1.82) is 0 Å². The third-order valence-electron chi connectivity index (χ3n) is 4.47. The highest BCUT2D eigenvalue weighted by Crippen LogP contribution is 2.31. The largest absolute Gasteiger partial charge is 0.493 e. The number of aryl methyl sites for hydroxylation is 1. The summed E-state index contributed by atoms with van der Waals surface area (Å²) in [5, 5.41) is 9.74. The molecule has 10 heteroatoms. The third kappa shape index (κ3) is 5.76. The second-order valence-corrected chi connectivity index (χ2v) is 6.74. The van der Waals surface area contributed by atoms with Crippen molar-refractivity contribution in [2.24, 2.45) is 5.73 Å². The molecule has 3 aromatic rings. The lowest BCUT2D eigenvalue weighted by molar-refractivity contribution is -0.137. The molecule has 7 nitrogen and oxygen atoms in total. The highest BCUT2D eigenvalue weighted by Gasteiger charge is 2.30. The van der Waals surface area contributed by atoms with Crippen LogP contribution in [0.15, 0.2) is 52.9 Å². The Hall–Kier alpha value is -3.53. The van der Waals surface area contributed by atoms with Gasteiger partial charge in [-0.25, -0.2) is 14.8 Å². The van der Waals surface area contributed by atoms with Crippen LogP contribution in [-0.2, 0) is 19.1 Å². The van der Waals surface area contributed by atoms with Crippen molar-refractivity contribution in [3.63, 3.8) is 0 Å². The summed E-state index contributed by atoms with van der Waals surface area (Å²) in [7, 11) is 0. The normalized spacial score (nSPS) is 11.4. The Bertz CT molecular complexity index is 1030. The number of hydrogen-bond acceptors (Lipinski definition) is 5. The molecule has 0 saturated heterocycles. The van der Waals surface area contributed by atoms with Crippen molar-refractivity contribution in [2.75, 3.05) is 6.61 Å². The number of benzene rings is 2. The molecule has 0 aliphatic heterocycles. The topological polar surface area (TPSA) is 102 Å². The summed E-state index contributed by atoms with van der Waals surface area (Å²) < 4.78 is 49.3. The molecule has 0 fully saturated rings. The molecule has 0 aliphatic carbocycles. The van der Waals surface area contributed by atoms with Gasteiger partial charge in [-0.15, -0.1) is 0 Å². The van der Waals surface area contributed by atoms with Gasteiger partial charge in [0.2, 0.25) is 5.89 Å². The van der Waals surface area contributed by atoms with E-state index >= 15 is 0 Å². The van der Waals surface area contributed by atoms with Crippen molar-refractivity contribution in [3.05, 3.63) is 71.1 Å². The van der Waals surface area contributed by atoms with E-state index < -0.39 is 17.8 Å². The molecule has 2 aromatic carbocycles. The van der Waals surface area contributed by atoms with Crippen molar-refractivity contribution in [2.45, 2.75) is 26.1 Å². The predicted octanol–water partition coefficient (Wildman–Crippen LogP) is 4.56. The second-order valence-electron chi connectivity index (χ2n) is 6.74. The number of amides is 2. The van der Waals surface area contributed by atoms with E-state index in [0.717, 1.165) is 12.1 Å². The van der Waals surface area contributed by atoms with Gasteiger partial charge in [-0.3, -0.25) is 5.21 Å². The molecule has 3 rings (SSSR count). The van der Waals surface area contributed by atoms with Crippen molar-refractivity contribution < 1.29 is 32.3 Å². The highest BCUT2D eigenvalue weighted by molar-refractivity contribution is 5.70. The number of aromatic nitrogens is 1. The summed E-state index contributed by atoms with van der Waals surface area (Å²) in [6, 6.07) is 10.4. The van der Waals surface area contributed by atoms with Gasteiger partial charge in [0.1, 0.15) is 11.5 Å². The predicted molar refractivity (Wildman–Crippen MR) is 104 cm³/mol. The number of carbonyl (C=O) groups is 1. The minimum Gasteiger partial charge on any atom is -0.493 e. The van der Waals surface area contributed by atoms with E-state index in [1.165, 1.54) is 12.1 Å². The number of rotatable bonds is 7. The zero-order chi connectivity index (χ0) is 22.6. The van der Waals surface area contributed by atoms with Crippen molar-refractivity contribution in [1.82, 2.24) is 10.0 Å². The molecule has 1 aromatic heterocycles. The Labute approximate surface area is 175 Å². The van der Waals surface area contributed by atoms with Gasteiger partial charge in [0.15, 0.2) is 0 Å². The smallest absolute Gasteiger partial charge is 0.416 e. The number of halogens is 3. The van der Waals surface area contributed by atoms with E-state index in [1.807, 2.05) is 0 Å². The fraction of sp³-hybridized carbons (Fsp3) is 0.238. The average Bonchev–Trinajstić information content (AvgIpc) is 3.09. The standard InChI is InChI=1S/C21H20F3N3O4/c1-13-18(26-19(31-13)15-4-6-16(7-5-15)21(22,23)24)10-11-30-17-8-2-14(3-9-17)12-27(29)20(25)28/h2-9,29H,10-12H2,1H3,(H2,25,28). The summed E-state index contributed by atoms with van der Waals surface area (Å²) in [6.07, 6.45) is -3.96. The summed E-state index contributed by atoms with van der Waals surface area (Å²) in [4.78, 5) is 15.2. The Kier molecular flexibility index (Phi) is 6.50. The van der Waals surface area contributed by atoms with E-state index in [9.17, 15) is 23.2 Å². The Morgan fingerprint density at radius 2 is 1.81 bits per heavy atom. The molecule has 1 heterocycles. The first-order chi connectivity index (χ1) is 14.6. The van der Waals surface area contributed by atoms with Gasteiger partial charge in [-0.1, -0.05) is 12.1 Å². The van der Waals surface area contributed by atoms with Crippen LogP contribution in [0.25, 0.3) is 11.5 Å². The van der Waals surface area contributed by atoms with Crippen LogP contribution in [0.2, 0.25) is 0 Å². The van der Waals surface area contributed by atoms with Gasteiger partial charge in [-0.2, -0.15) is 13.2 Å². The molecule has 0 saturated carbocycles. The van der Waals surface area contributed by atoms with E-state index in [1.54, 1.807) is 31.2 Å². The van der Waals surface area contributed by atoms with Crippen LogP contribution in [0.5, 0.6) is 5.75 Å². The summed E-state index contributed by atoms with van der Waals surface area (Å²) in [5.41, 5.74) is 5.99. The molecule has 2 amide bonds. The molecule has 0 radical (unpaired) electrons. The highest BCUT2D eigenvalue weighted by atomic mass is 19.4. The maximum Gasteiger partial charge on any atom is 0.416 e. The fourth-order valence-corrected chi connectivity index (χ4v) is 2.79. The molecule has 0 unspecified atom stereocenters. The number of hydrogen-bond donors (Lipinski definition) is 2. The van der Waals surface area contributed by atoms with Crippen LogP contribution in [0, 0.1) is 6.92 Å². The number of nitrogens with zero attached hydrogens (tertiary/aromatic N) is 2. The quantitative estimate of drug-likeness (QED) is 0.418. The number of nitrogens with two attached hydrogens (primary N) is 1. The monoisotopic (exact) mass is 435 g/mol. The number of hydroxylamine groups is 2. The number of oxazole rings is 1. The molecule has 3 N–H and O–H groups in total. The van der Waals surface area contributed by atoms with Crippen LogP contribution in [-0.4, -0.2) is 27.9 Å². The number of alkyl halides is 3. The van der Waals surface area contributed by atoms with Crippen LogP contribution in [0.1, 0.15) is 22.6 Å². The molecular formula is C21H20F3N3O4.